The molecule has 3 saturated heterocycles. The van der Waals surface area contributed by atoms with Crippen molar-refractivity contribution in [3.63, 3.8) is 0 Å². The van der Waals surface area contributed by atoms with E-state index in [2.05, 4.69) is 40.5 Å². The number of nitrogens with zero attached hydrogens (tertiary/aromatic N) is 2. The lowest BCUT2D eigenvalue weighted by Crippen LogP contribution is -2.48. The number of rotatable bonds is 4. The molecular formula is C19H25N3O2S. The average Bonchev–Trinajstić information content (AvgIpc) is 3.18. The number of hydrogen-bond acceptors (Lipinski definition) is 4. The van der Waals surface area contributed by atoms with Crippen molar-refractivity contribution in [3.8, 4) is 0 Å². The molecule has 6 heteroatoms. The molecule has 0 aliphatic carbocycles. The molecule has 3 aliphatic rings. The number of imide groups is 1. The molecule has 0 saturated carbocycles. The minimum Gasteiger partial charge on any atom is -0.322 e. The van der Waals surface area contributed by atoms with Gasteiger partial charge in [-0.2, -0.15) is 11.8 Å². The fourth-order valence-corrected chi connectivity index (χ4v) is 5.44. The number of thioether (sulfide) groups is 1. The van der Waals surface area contributed by atoms with E-state index >= 15 is 0 Å². The van der Waals surface area contributed by atoms with Gasteiger partial charge in [-0.3, -0.25) is 9.69 Å². The largest absolute Gasteiger partial charge is 0.326 e. The second-order valence-corrected chi connectivity index (χ2v) is 8.55. The van der Waals surface area contributed by atoms with Crippen molar-refractivity contribution >= 4 is 23.7 Å². The highest BCUT2D eigenvalue weighted by molar-refractivity contribution is 7.99. The Morgan fingerprint density at radius 3 is 2.60 bits per heavy atom. The molecule has 1 aromatic rings. The van der Waals surface area contributed by atoms with Crippen molar-refractivity contribution in [2.24, 2.45) is 5.92 Å². The monoisotopic (exact) mass is 359 g/mol. The van der Waals surface area contributed by atoms with E-state index in [1.165, 1.54) is 10.5 Å². The average molecular weight is 359 g/mol. The number of urea groups is 1. The summed E-state index contributed by atoms with van der Waals surface area (Å²) in [6.45, 7) is 2.35. The van der Waals surface area contributed by atoms with Crippen LogP contribution in [0.15, 0.2) is 30.3 Å². The van der Waals surface area contributed by atoms with Gasteiger partial charge >= 0.3 is 6.03 Å². The summed E-state index contributed by atoms with van der Waals surface area (Å²) in [6.07, 6.45) is 4.13. The third-order valence-electron chi connectivity index (χ3n) is 5.68. The number of likely N-dealkylation sites (tertiary alicyclic amines) is 1. The molecule has 4 rings (SSSR count). The van der Waals surface area contributed by atoms with E-state index in [4.69, 9.17) is 0 Å². The lowest BCUT2D eigenvalue weighted by molar-refractivity contribution is -0.132. The smallest absolute Gasteiger partial charge is 0.322 e. The summed E-state index contributed by atoms with van der Waals surface area (Å²) in [4.78, 5) is 28.7. The maximum absolute atomic E-state index is 12.7. The van der Waals surface area contributed by atoms with Gasteiger partial charge in [0.15, 0.2) is 0 Å². The molecule has 5 nitrogen and oxygen atoms in total. The van der Waals surface area contributed by atoms with Gasteiger partial charge < -0.3 is 5.32 Å². The molecule has 0 unspecified atom stereocenters. The zero-order valence-corrected chi connectivity index (χ0v) is 15.3. The van der Waals surface area contributed by atoms with Crippen LogP contribution in [0.2, 0.25) is 0 Å². The zero-order valence-electron chi connectivity index (χ0n) is 14.4. The Morgan fingerprint density at radius 2 is 1.92 bits per heavy atom. The third-order valence-corrected chi connectivity index (χ3v) is 6.87. The van der Waals surface area contributed by atoms with Crippen LogP contribution in [0.4, 0.5) is 4.79 Å². The molecule has 1 aromatic carbocycles. The van der Waals surface area contributed by atoms with Crippen molar-refractivity contribution < 1.29 is 9.59 Å². The normalized spacial score (nSPS) is 28.1. The maximum atomic E-state index is 12.7. The molecule has 3 fully saturated rings. The van der Waals surface area contributed by atoms with Crippen LogP contribution in [0.5, 0.6) is 0 Å². The van der Waals surface area contributed by atoms with Crippen molar-refractivity contribution in [2.75, 3.05) is 31.3 Å². The Balaban J connectivity index is 1.30. The summed E-state index contributed by atoms with van der Waals surface area (Å²) in [5, 5.41) is 2.95. The van der Waals surface area contributed by atoms with Gasteiger partial charge in [-0.1, -0.05) is 30.3 Å². The molecule has 134 valence electrons. The van der Waals surface area contributed by atoms with E-state index < -0.39 is 5.54 Å². The van der Waals surface area contributed by atoms with Crippen LogP contribution in [-0.2, 0) is 11.2 Å². The number of carbonyl (C=O) groups is 2. The Bertz CT molecular complexity index is 637. The second kappa shape index (κ2) is 7.00. The first-order chi connectivity index (χ1) is 12.2. The minimum atomic E-state index is -0.618. The van der Waals surface area contributed by atoms with Gasteiger partial charge in [0.25, 0.3) is 5.91 Å². The number of hydrogen-bond donors (Lipinski definition) is 1. The van der Waals surface area contributed by atoms with Crippen LogP contribution in [0, 0.1) is 5.92 Å². The highest BCUT2D eigenvalue weighted by atomic mass is 32.2. The maximum Gasteiger partial charge on any atom is 0.326 e. The standard InChI is InChI=1S/C19H25N3O2S/c23-17-19(8-11-25-13-19)20-18(24)22(17)14-21-9-6-16(7-10-21)12-15-4-2-1-3-5-15/h1-5,16H,6-14H2,(H,20,24)/t19-/m1/s1. The van der Waals surface area contributed by atoms with Gasteiger partial charge in [0, 0.05) is 18.8 Å². The molecule has 0 bridgehead atoms. The Labute approximate surface area is 153 Å². The predicted molar refractivity (Wildman–Crippen MR) is 99.4 cm³/mol. The number of benzene rings is 1. The summed E-state index contributed by atoms with van der Waals surface area (Å²) >= 11 is 1.75. The molecule has 3 heterocycles. The van der Waals surface area contributed by atoms with Crippen molar-refractivity contribution in [2.45, 2.75) is 31.2 Å². The van der Waals surface area contributed by atoms with Crippen LogP contribution in [0.25, 0.3) is 0 Å². The first kappa shape index (κ1) is 16.9. The topological polar surface area (TPSA) is 52.7 Å². The molecule has 0 aromatic heterocycles. The fourth-order valence-electron chi connectivity index (χ4n) is 4.12. The summed E-state index contributed by atoms with van der Waals surface area (Å²) in [7, 11) is 0. The Hall–Kier alpha value is -1.53. The van der Waals surface area contributed by atoms with E-state index in [0.29, 0.717) is 18.3 Å². The van der Waals surface area contributed by atoms with Crippen molar-refractivity contribution in [1.82, 2.24) is 15.1 Å². The fraction of sp³-hybridized carbons (Fsp3) is 0.579. The lowest BCUT2D eigenvalue weighted by Gasteiger charge is -2.33. The van der Waals surface area contributed by atoms with Crippen LogP contribution < -0.4 is 5.32 Å². The van der Waals surface area contributed by atoms with E-state index in [1.54, 1.807) is 11.8 Å². The molecule has 3 amide bonds. The Kier molecular flexibility index (Phi) is 4.73. The molecule has 25 heavy (non-hydrogen) atoms. The lowest BCUT2D eigenvalue weighted by atomic mass is 9.90. The summed E-state index contributed by atoms with van der Waals surface area (Å²) in [6, 6.07) is 10.4. The van der Waals surface area contributed by atoms with Crippen molar-refractivity contribution in [3.05, 3.63) is 35.9 Å². The van der Waals surface area contributed by atoms with Gasteiger partial charge in [-0.15, -0.1) is 0 Å². The van der Waals surface area contributed by atoms with Gasteiger partial charge in [-0.05, 0) is 42.9 Å². The van der Waals surface area contributed by atoms with E-state index in [0.717, 1.165) is 44.5 Å². The van der Waals surface area contributed by atoms with E-state index in [-0.39, 0.29) is 11.9 Å². The highest BCUT2D eigenvalue weighted by Gasteiger charge is 2.53. The van der Waals surface area contributed by atoms with Crippen LogP contribution in [0.3, 0.4) is 0 Å². The second-order valence-electron chi connectivity index (χ2n) is 7.44. The Morgan fingerprint density at radius 1 is 1.16 bits per heavy atom. The van der Waals surface area contributed by atoms with Crippen LogP contribution in [0.1, 0.15) is 24.8 Å². The number of piperidine rings is 1. The summed E-state index contributed by atoms with van der Waals surface area (Å²) in [5.41, 5.74) is 0.781. The van der Waals surface area contributed by atoms with Gasteiger partial charge in [0.05, 0.1) is 6.67 Å². The summed E-state index contributed by atoms with van der Waals surface area (Å²) in [5.74, 6) is 2.34. The van der Waals surface area contributed by atoms with Crippen molar-refractivity contribution in [1.29, 1.82) is 0 Å². The van der Waals surface area contributed by atoms with Crippen LogP contribution >= 0.6 is 11.8 Å². The van der Waals surface area contributed by atoms with Gasteiger partial charge in [0.2, 0.25) is 0 Å². The van der Waals surface area contributed by atoms with Gasteiger partial charge in [-0.25, -0.2) is 9.69 Å². The molecule has 1 atom stereocenters. The molecule has 1 spiro atoms. The van der Waals surface area contributed by atoms with E-state index in [9.17, 15) is 9.59 Å². The number of nitrogens with one attached hydrogen (secondary N) is 1. The zero-order chi connectivity index (χ0) is 17.3. The molecule has 1 N–H and O–H groups in total. The number of carbonyl (C=O) groups excluding carboxylic acids is 2. The summed E-state index contributed by atoms with van der Waals surface area (Å²) < 4.78 is 0. The highest BCUT2D eigenvalue weighted by Crippen LogP contribution is 2.33. The quantitative estimate of drug-likeness (QED) is 0.839. The minimum absolute atomic E-state index is 0.0195. The van der Waals surface area contributed by atoms with E-state index in [1.807, 2.05) is 0 Å². The molecular weight excluding hydrogens is 334 g/mol. The predicted octanol–water partition coefficient (Wildman–Crippen LogP) is 2.33. The molecule has 0 radical (unpaired) electrons. The first-order valence-corrected chi connectivity index (χ1v) is 10.3. The molecule has 3 aliphatic heterocycles. The van der Waals surface area contributed by atoms with Gasteiger partial charge in [0.1, 0.15) is 5.54 Å². The third kappa shape index (κ3) is 3.42. The van der Waals surface area contributed by atoms with Crippen LogP contribution in [-0.4, -0.2) is 58.5 Å². The SMILES string of the molecule is O=C1N[C@@]2(CCSC2)C(=O)N1CN1CCC(Cc2ccccc2)CC1. The number of amides is 3. The first-order valence-electron chi connectivity index (χ1n) is 9.14.